The summed E-state index contributed by atoms with van der Waals surface area (Å²) in [5, 5.41) is 15.0. The van der Waals surface area contributed by atoms with Gasteiger partial charge < -0.3 is 10.2 Å². The van der Waals surface area contributed by atoms with Crippen LogP contribution in [0.1, 0.15) is 18.4 Å². The summed E-state index contributed by atoms with van der Waals surface area (Å²) < 4.78 is 0. The van der Waals surface area contributed by atoms with Gasteiger partial charge in [0.15, 0.2) is 0 Å². The molecule has 1 aliphatic rings. The first kappa shape index (κ1) is 13.0. The molecule has 2 aromatic carbocycles. The SMILES string of the molecule is CN1CCCC(Nc2ccc(C#N)c3ccccc23)C1. The Kier molecular flexibility index (Phi) is 3.58. The Labute approximate surface area is 119 Å². The number of fused-ring (bicyclic) bond motifs is 1. The first-order chi connectivity index (χ1) is 9.78. The normalized spacial score (nSPS) is 19.7. The van der Waals surface area contributed by atoms with Crippen LogP contribution in [-0.2, 0) is 0 Å². The maximum Gasteiger partial charge on any atom is 0.0998 e. The van der Waals surface area contributed by atoms with Gasteiger partial charge in [-0.05, 0) is 38.6 Å². The van der Waals surface area contributed by atoms with Crippen LogP contribution in [0.4, 0.5) is 5.69 Å². The second-order valence-corrected chi connectivity index (χ2v) is 5.56. The summed E-state index contributed by atoms with van der Waals surface area (Å²) in [6, 6.07) is 14.8. The predicted molar refractivity (Wildman–Crippen MR) is 82.8 cm³/mol. The zero-order chi connectivity index (χ0) is 13.9. The van der Waals surface area contributed by atoms with Crippen LogP contribution in [0.5, 0.6) is 0 Å². The van der Waals surface area contributed by atoms with E-state index in [4.69, 9.17) is 0 Å². The third kappa shape index (κ3) is 2.48. The van der Waals surface area contributed by atoms with E-state index in [-0.39, 0.29) is 0 Å². The third-order valence-corrected chi connectivity index (χ3v) is 4.03. The maximum atomic E-state index is 9.21. The average Bonchev–Trinajstić information content (AvgIpc) is 2.48. The number of nitriles is 1. The molecule has 20 heavy (non-hydrogen) atoms. The van der Waals surface area contributed by atoms with Gasteiger partial charge in [0.05, 0.1) is 11.6 Å². The number of nitrogens with one attached hydrogen (secondary N) is 1. The molecule has 3 rings (SSSR count). The first-order valence-corrected chi connectivity index (χ1v) is 7.15. The number of hydrogen-bond donors (Lipinski definition) is 1. The van der Waals surface area contributed by atoms with E-state index in [1.165, 1.54) is 19.4 Å². The Morgan fingerprint density at radius 3 is 2.75 bits per heavy atom. The minimum Gasteiger partial charge on any atom is -0.381 e. The molecule has 0 radical (unpaired) electrons. The quantitative estimate of drug-likeness (QED) is 0.906. The highest BCUT2D eigenvalue weighted by Crippen LogP contribution is 2.27. The topological polar surface area (TPSA) is 39.1 Å². The van der Waals surface area contributed by atoms with Gasteiger partial charge in [0.2, 0.25) is 0 Å². The van der Waals surface area contributed by atoms with Crippen molar-refractivity contribution in [1.29, 1.82) is 5.26 Å². The van der Waals surface area contributed by atoms with E-state index in [0.29, 0.717) is 6.04 Å². The largest absolute Gasteiger partial charge is 0.381 e. The van der Waals surface area contributed by atoms with E-state index < -0.39 is 0 Å². The number of anilines is 1. The molecule has 3 heteroatoms. The van der Waals surface area contributed by atoms with Gasteiger partial charge in [-0.3, -0.25) is 0 Å². The van der Waals surface area contributed by atoms with Gasteiger partial charge in [0.25, 0.3) is 0 Å². The van der Waals surface area contributed by atoms with Gasteiger partial charge in [-0.15, -0.1) is 0 Å². The molecule has 0 saturated carbocycles. The molecule has 1 aliphatic heterocycles. The number of nitrogens with zero attached hydrogens (tertiary/aromatic N) is 2. The molecule has 1 fully saturated rings. The molecule has 0 amide bonds. The molecule has 1 heterocycles. The van der Waals surface area contributed by atoms with Gasteiger partial charge >= 0.3 is 0 Å². The molecule has 0 aliphatic carbocycles. The summed E-state index contributed by atoms with van der Waals surface area (Å²) in [5.41, 5.74) is 1.88. The monoisotopic (exact) mass is 265 g/mol. The smallest absolute Gasteiger partial charge is 0.0998 e. The zero-order valence-electron chi connectivity index (χ0n) is 11.8. The lowest BCUT2D eigenvalue weighted by Crippen LogP contribution is -2.39. The van der Waals surface area contributed by atoms with Crippen LogP contribution < -0.4 is 5.32 Å². The van der Waals surface area contributed by atoms with Crippen LogP contribution in [0, 0.1) is 11.3 Å². The molecule has 0 spiro atoms. The molecular formula is C17H19N3. The number of benzene rings is 2. The summed E-state index contributed by atoms with van der Waals surface area (Å²) in [5.74, 6) is 0. The molecular weight excluding hydrogens is 246 g/mol. The van der Waals surface area contributed by atoms with Crippen molar-refractivity contribution in [2.75, 3.05) is 25.5 Å². The molecule has 102 valence electrons. The van der Waals surface area contributed by atoms with Crippen LogP contribution in [0.3, 0.4) is 0 Å². The molecule has 2 aromatic rings. The molecule has 0 aromatic heterocycles. The standard InChI is InChI=1S/C17H19N3/c1-20-10-4-5-14(12-20)19-17-9-8-13(11-18)15-6-2-3-7-16(15)17/h2-3,6-9,14,19H,4-5,10,12H2,1H3. The van der Waals surface area contributed by atoms with Gasteiger partial charge in [0.1, 0.15) is 0 Å². The Morgan fingerprint density at radius 1 is 1.20 bits per heavy atom. The minimum absolute atomic E-state index is 0.491. The molecule has 3 nitrogen and oxygen atoms in total. The van der Waals surface area contributed by atoms with Crippen molar-refractivity contribution in [1.82, 2.24) is 4.90 Å². The fourth-order valence-corrected chi connectivity index (χ4v) is 3.03. The van der Waals surface area contributed by atoms with Crippen molar-refractivity contribution in [3.8, 4) is 6.07 Å². The molecule has 1 atom stereocenters. The van der Waals surface area contributed by atoms with E-state index in [0.717, 1.165) is 28.6 Å². The zero-order valence-corrected chi connectivity index (χ0v) is 11.8. The number of piperidine rings is 1. The van der Waals surface area contributed by atoms with Crippen LogP contribution in [0.15, 0.2) is 36.4 Å². The maximum absolute atomic E-state index is 9.21. The number of likely N-dealkylation sites (N-methyl/N-ethyl adjacent to an activating group) is 1. The van der Waals surface area contributed by atoms with Gasteiger partial charge in [-0.1, -0.05) is 24.3 Å². The molecule has 0 bridgehead atoms. The average molecular weight is 265 g/mol. The fraction of sp³-hybridized carbons (Fsp3) is 0.353. The molecule has 1 unspecified atom stereocenters. The number of likely N-dealkylation sites (tertiary alicyclic amines) is 1. The van der Waals surface area contributed by atoms with Crippen molar-refractivity contribution in [3.05, 3.63) is 42.0 Å². The predicted octanol–water partition coefficient (Wildman–Crippen LogP) is 3.22. The summed E-state index contributed by atoms with van der Waals surface area (Å²) in [4.78, 5) is 2.37. The second-order valence-electron chi connectivity index (χ2n) is 5.56. The highest BCUT2D eigenvalue weighted by atomic mass is 15.1. The lowest BCUT2D eigenvalue weighted by molar-refractivity contribution is 0.261. The highest BCUT2D eigenvalue weighted by Gasteiger charge is 2.17. The van der Waals surface area contributed by atoms with Crippen molar-refractivity contribution in [2.24, 2.45) is 0 Å². The lowest BCUT2D eigenvalue weighted by Gasteiger charge is -2.31. The first-order valence-electron chi connectivity index (χ1n) is 7.15. The van der Waals surface area contributed by atoms with E-state index in [9.17, 15) is 5.26 Å². The van der Waals surface area contributed by atoms with E-state index >= 15 is 0 Å². The lowest BCUT2D eigenvalue weighted by atomic mass is 10.0. The Bertz CT molecular complexity index is 657. The van der Waals surface area contributed by atoms with Crippen LogP contribution >= 0.6 is 0 Å². The minimum atomic E-state index is 0.491. The van der Waals surface area contributed by atoms with Gasteiger partial charge in [-0.25, -0.2) is 0 Å². The number of hydrogen-bond acceptors (Lipinski definition) is 3. The number of rotatable bonds is 2. The van der Waals surface area contributed by atoms with Crippen molar-refractivity contribution >= 4 is 16.5 Å². The van der Waals surface area contributed by atoms with Gasteiger partial charge in [-0.2, -0.15) is 5.26 Å². The van der Waals surface area contributed by atoms with E-state index in [2.05, 4.69) is 29.4 Å². The third-order valence-electron chi connectivity index (χ3n) is 4.03. The molecule has 1 saturated heterocycles. The summed E-state index contributed by atoms with van der Waals surface area (Å²) in [6.07, 6.45) is 2.45. The fourth-order valence-electron chi connectivity index (χ4n) is 3.03. The second kappa shape index (κ2) is 5.52. The molecule has 1 N–H and O–H groups in total. The summed E-state index contributed by atoms with van der Waals surface area (Å²) >= 11 is 0. The van der Waals surface area contributed by atoms with E-state index in [1.54, 1.807) is 0 Å². The van der Waals surface area contributed by atoms with E-state index in [1.807, 2.05) is 30.3 Å². The van der Waals surface area contributed by atoms with Crippen LogP contribution in [0.2, 0.25) is 0 Å². The van der Waals surface area contributed by atoms with Crippen molar-refractivity contribution < 1.29 is 0 Å². The summed E-state index contributed by atoms with van der Waals surface area (Å²) in [6.45, 7) is 2.26. The Balaban J connectivity index is 1.94. The summed E-state index contributed by atoms with van der Waals surface area (Å²) in [7, 11) is 2.17. The van der Waals surface area contributed by atoms with Crippen molar-refractivity contribution in [2.45, 2.75) is 18.9 Å². The van der Waals surface area contributed by atoms with Gasteiger partial charge in [0, 0.05) is 29.0 Å². The van der Waals surface area contributed by atoms with Crippen LogP contribution in [0.25, 0.3) is 10.8 Å². The van der Waals surface area contributed by atoms with Crippen LogP contribution in [-0.4, -0.2) is 31.1 Å². The Morgan fingerprint density at radius 2 is 2.00 bits per heavy atom. The van der Waals surface area contributed by atoms with Crippen molar-refractivity contribution in [3.63, 3.8) is 0 Å². The Hall–Kier alpha value is -2.05. The highest BCUT2D eigenvalue weighted by molar-refractivity contribution is 5.97.